The van der Waals surface area contributed by atoms with Gasteiger partial charge in [-0.05, 0) is 61.4 Å². The number of likely N-dealkylation sites (tertiary alicyclic amines) is 1. The molecule has 0 N–H and O–H groups in total. The summed E-state index contributed by atoms with van der Waals surface area (Å²) in [7, 11) is 0. The predicted molar refractivity (Wildman–Crippen MR) is 140 cm³/mol. The van der Waals surface area contributed by atoms with Crippen LogP contribution in [-0.2, 0) is 6.42 Å². The molecule has 1 aromatic heterocycles. The molecule has 3 nitrogen and oxygen atoms in total. The second-order valence-corrected chi connectivity index (χ2v) is 9.51. The number of rotatable bonds is 5. The molecule has 1 saturated heterocycles. The van der Waals surface area contributed by atoms with Gasteiger partial charge in [-0.15, -0.1) is 0 Å². The van der Waals surface area contributed by atoms with Gasteiger partial charge in [-0.2, -0.15) is 0 Å². The van der Waals surface area contributed by atoms with Crippen molar-refractivity contribution < 1.29 is 4.79 Å². The summed E-state index contributed by atoms with van der Waals surface area (Å²) in [5.41, 5.74) is 5.98. The fourth-order valence-corrected chi connectivity index (χ4v) is 5.27. The van der Waals surface area contributed by atoms with Crippen molar-refractivity contribution in [3.05, 3.63) is 113 Å². The van der Waals surface area contributed by atoms with Crippen LogP contribution in [0.2, 0.25) is 5.02 Å². The number of piperidine rings is 1. The zero-order valence-corrected chi connectivity index (χ0v) is 20.2. The molecule has 0 saturated carbocycles. The molecule has 0 unspecified atom stereocenters. The molecular formula is C30H29ClN2O. The molecule has 0 aliphatic carbocycles. The first-order valence-corrected chi connectivity index (χ1v) is 12.4. The van der Waals surface area contributed by atoms with Crippen molar-refractivity contribution in [2.24, 2.45) is 5.92 Å². The van der Waals surface area contributed by atoms with E-state index in [-0.39, 0.29) is 5.91 Å². The highest BCUT2D eigenvalue weighted by atomic mass is 35.5. The Balaban J connectivity index is 1.42. The highest BCUT2D eigenvalue weighted by Crippen LogP contribution is 2.33. The summed E-state index contributed by atoms with van der Waals surface area (Å²) < 4.78 is 2.12. The van der Waals surface area contributed by atoms with E-state index in [1.54, 1.807) is 0 Å². The lowest BCUT2D eigenvalue weighted by molar-refractivity contribution is 0.0690. The van der Waals surface area contributed by atoms with Gasteiger partial charge in [0.1, 0.15) is 0 Å². The first-order valence-electron chi connectivity index (χ1n) is 12.0. The number of carbonyl (C=O) groups excluding carboxylic acids is 1. The Hall–Kier alpha value is -3.30. The van der Waals surface area contributed by atoms with E-state index in [9.17, 15) is 4.79 Å². The second kappa shape index (κ2) is 9.90. The van der Waals surface area contributed by atoms with Gasteiger partial charge in [0.25, 0.3) is 5.91 Å². The van der Waals surface area contributed by atoms with Crippen LogP contribution in [0.25, 0.3) is 16.9 Å². The van der Waals surface area contributed by atoms with Crippen LogP contribution in [0.3, 0.4) is 0 Å². The third-order valence-corrected chi connectivity index (χ3v) is 7.23. The van der Waals surface area contributed by atoms with Crippen molar-refractivity contribution in [3.63, 3.8) is 0 Å². The van der Waals surface area contributed by atoms with Gasteiger partial charge < -0.3 is 9.47 Å². The Morgan fingerprint density at radius 1 is 0.882 bits per heavy atom. The molecule has 5 rings (SSSR count). The van der Waals surface area contributed by atoms with E-state index in [4.69, 9.17) is 11.6 Å². The minimum Gasteiger partial charge on any atom is -0.339 e. The molecule has 0 bridgehead atoms. The van der Waals surface area contributed by atoms with Crippen molar-refractivity contribution in [2.75, 3.05) is 13.1 Å². The molecule has 4 aromatic rings. The topological polar surface area (TPSA) is 25.2 Å². The van der Waals surface area contributed by atoms with Crippen molar-refractivity contribution >= 4 is 17.5 Å². The first kappa shape index (κ1) is 22.5. The predicted octanol–water partition coefficient (Wildman–Crippen LogP) is 7.20. The minimum absolute atomic E-state index is 0.110. The maximum Gasteiger partial charge on any atom is 0.255 e. The lowest BCUT2D eigenvalue weighted by Crippen LogP contribution is -2.39. The van der Waals surface area contributed by atoms with Crippen molar-refractivity contribution in [3.8, 4) is 16.9 Å². The van der Waals surface area contributed by atoms with Gasteiger partial charge in [0, 0.05) is 18.8 Å². The molecule has 3 aromatic carbocycles. The van der Waals surface area contributed by atoms with Gasteiger partial charge in [0.15, 0.2) is 0 Å². The number of halogens is 1. The van der Waals surface area contributed by atoms with Crippen LogP contribution in [-0.4, -0.2) is 28.5 Å². The lowest BCUT2D eigenvalue weighted by Gasteiger charge is -2.32. The van der Waals surface area contributed by atoms with Gasteiger partial charge in [0.2, 0.25) is 0 Å². The third-order valence-electron chi connectivity index (χ3n) is 6.91. The highest BCUT2D eigenvalue weighted by Gasteiger charge is 2.27. The van der Waals surface area contributed by atoms with Gasteiger partial charge in [-0.1, -0.05) is 84.4 Å². The number of amides is 1. The molecule has 0 spiro atoms. The monoisotopic (exact) mass is 468 g/mol. The molecule has 2 heterocycles. The van der Waals surface area contributed by atoms with Crippen LogP contribution >= 0.6 is 11.6 Å². The molecule has 34 heavy (non-hydrogen) atoms. The molecule has 1 aliphatic rings. The zero-order valence-electron chi connectivity index (χ0n) is 19.5. The highest BCUT2D eigenvalue weighted by molar-refractivity contribution is 6.32. The smallest absolute Gasteiger partial charge is 0.255 e. The summed E-state index contributed by atoms with van der Waals surface area (Å²) in [5.74, 6) is 0.735. The van der Waals surface area contributed by atoms with E-state index in [0.29, 0.717) is 10.9 Å². The van der Waals surface area contributed by atoms with E-state index in [1.807, 2.05) is 60.4 Å². The molecule has 1 amide bonds. The number of hydrogen-bond acceptors (Lipinski definition) is 1. The van der Waals surface area contributed by atoms with Crippen LogP contribution in [0.15, 0.2) is 91.0 Å². The number of hydrogen-bond donors (Lipinski definition) is 0. The summed E-state index contributed by atoms with van der Waals surface area (Å²) in [6.07, 6.45) is 3.16. The Morgan fingerprint density at radius 2 is 1.50 bits per heavy atom. The number of para-hydroxylation sites is 1. The Kier molecular flexibility index (Phi) is 6.55. The minimum atomic E-state index is 0.110. The molecule has 1 fully saturated rings. The zero-order chi connectivity index (χ0) is 23.5. The standard InChI is InChI=1S/C30H29ClN2O/c1-22-26(30(34)32-18-16-24(17-19-32)20-23-10-4-2-5-11-23)21-29(25-12-6-3-7-13-25)33(22)28-15-9-8-14-27(28)31/h2-15,21,24H,16-20H2,1H3. The fraction of sp³-hybridized carbons (Fsp3) is 0.233. The van der Waals surface area contributed by atoms with Gasteiger partial charge in [-0.3, -0.25) is 4.79 Å². The van der Waals surface area contributed by atoms with E-state index in [1.165, 1.54) is 5.56 Å². The molecule has 1 aliphatic heterocycles. The summed E-state index contributed by atoms with van der Waals surface area (Å²) in [6, 6.07) is 30.7. The van der Waals surface area contributed by atoms with Crippen LogP contribution in [0, 0.1) is 12.8 Å². The summed E-state index contributed by atoms with van der Waals surface area (Å²) >= 11 is 6.59. The van der Waals surface area contributed by atoms with Crippen molar-refractivity contribution in [1.82, 2.24) is 9.47 Å². The van der Waals surface area contributed by atoms with E-state index >= 15 is 0 Å². The van der Waals surface area contributed by atoms with Crippen LogP contribution in [0.1, 0.15) is 34.5 Å². The number of benzene rings is 3. The number of carbonyl (C=O) groups is 1. The molecule has 0 atom stereocenters. The molecule has 172 valence electrons. The van der Waals surface area contributed by atoms with E-state index in [0.717, 1.165) is 60.6 Å². The largest absolute Gasteiger partial charge is 0.339 e. The maximum absolute atomic E-state index is 13.7. The third kappa shape index (κ3) is 4.53. The van der Waals surface area contributed by atoms with Crippen LogP contribution in [0.5, 0.6) is 0 Å². The average Bonchev–Trinajstić information content (AvgIpc) is 3.22. The van der Waals surface area contributed by atoms with Crippen LogP contribution in [0.4, 0.5) is 0 Å². The normalized spacial score (nSPS) is 14.4. The number of nitrogens with zero attached hydrogens (tertiary/aromatic N) is 2. The quantitative estimate of drug-likeness (QED) is 0.304. The Morgan fingerprint density at radius 3 is 2.18 bits per heavy atom. The average molecular weight is 469 g/mol. The van der Waals surface area contributed by atoms with Crippen LogP contribution < -0.4 is 0 Å². The molecule has 4 heteroatoms. The summed E-state index contributed by atoms with van der Waals surface area (Å²) in [4.78, 5) is 15.7. The maximum atomic E-state index is 13.7. The summed E-state index contributed by atoms with van der Waals surface area (Å²) in [5, 5.41) is 0.666. The molecular weight excluding hydrogens is 440 g/mol. The fourth-order valence-electron chi connectivity index (χ4n) is 5.05. The lowest BCUT2D eigenvalue weighted by atomic mass is 9.90. The van der Waals surface area contributed by atoms with Gasteiger partial charge >= 0.3 is 0 Å². The molecule has 0 radical (unpaired) electrons. The van der Waals surface area contributed by atoms with E-state index in [2.05, 4.69) is 47.0 Å². The van der Waals surface area contributed by atoms with Crippen molar-refractivity contribution in [1.29, 1.82) is 0 Å². The summed E-state index contributed by atoms with van der Waals surface area (Å²) in [6.45, 7) is 3.62. The van der Waals surface area contributed by atoms with E-state index < -0.39 is 0 Å². The van der Waals surface area contributed by atoms with Gasteiger partial charge in [-0.25, -0.2) is 0 Å². The Bertz CT molecular complexity index is 1270. The number of aromatic nitrogens is 1. The van der Waals surface area contributed by atoms with Gasteiger partial charge in [0.05, 0.1) is 22.0 Å². The first-order chi connectivity index (χ1) is 16.6. The van der Waals surface area contributed by atoms with Crippen molar-refractivity contribution in [2.45, 2.75) is 26.2 Å². The Labute approximate surface area is 206 Å². The SMILES string of the molecule is Cc1c(C(=O)N2CCC(Cc3ccccc3)CC2)cc(-c2ccccc2)n1-c1ccccc1Cl. The second-order valence-electron chi connectivity index (χ2n) is 9.11.